The van der Waals surface area contributed by atoms with Gasteiger partial charge in [0.15, 0.2) is 0 Å². The largest absolute Gasteiger partial charge is 0.497 e. The maximum atomic E-state index is 12.5. The maximum absolute atomic E-state index is 12.5. The number of rotatable bonds is 7. The lowest BCUT2D eigenvalue weighted by atomic mass is 10.2. The van der Waals surface area contributed by atoms with Crippen LogP contribution in [-0.2, 0) is 4.74 Å². The van der Waals surface area contributed by atoms with Gasteiger partial charge < -0.3 is 24.3 Å². The average Bonchev–Trinajstić information content (AvgIpc) is 3.20. The Balaban J connectivity index is 1.61. The van der Waals surface area contributed by atoms with Crippen molar-refractivity contribution >= 4 is 11.6 Å². The molecule has 2 aromatic rings. The number of hydrogen-bond donors (Lipinski definition) is 1. The molecule has 1 N–H and O–H groups in total. The number of anilines is 1. The van der Waals surface area contributed by atoms with Gasteiger partial charge in [-0.25, -0.2) is 0 Å². The Morgan fingerprint density at radius 1 is 1.12 bits per heavy atom. The summed E-state index contributed by atoms with van der Waals surface area (Å²) in [6.07, 6.45) is 2.28. The molecule has 0 aromatic heterocycles. The van der Waals surface area contributed by atoms with Crippen molar-refractivity contribution in [2.45, 2.75) is 18.9 Å². The molecule has 0 radical (unpaired) electrons. The van der Waals surface area contributed by atoms with Crippen LogP contribution in [0.5, 0.6) is 17.2 Å². The standard InChI is InChI=1S/C20H23NO5/c1-23-16-9-10-18(19(12-16)24-2)21-20(22)14-5-7-15(8-6-14)26-13-17-4-3-11-25-17/h5-10,12,17H,3-4,11,13H2,1-2H3,(H,21,22)/t17-/m0/s1. The van der Waals surface area contributed by atoms with E-state index in [0.717, 1.165) is 25.2 Å². The average molecular weight is 357 g/mol. The Bertz CT molecular complexity index is 738. The SMILES string of the molecule is COc1ccc(NC(=O)c2ccc(OC[C@@H]3CCCO3)cc2)c(OC)c1. The fourth-order valence-electron chi connectivity index (χ4n) is 2.76. The first kappa shape index (κ1) is 18.1. The van der Waals surface area contributed by atoms with Crippen LogP contribution >= 0.6 is 0 Å². The number of ether oxygens (including phenoxy) is 4. The van der Waals surface area contributed by atoms with E-state index < -0.39 is 0 Å². The fourth-order valence-corrected chi connectivity index (χ4v) is 2.76. The van der Waals surface area contributed by atoms with Gasteiger partial charge in [-0.15, -0.1) is 0 Å². The Morgan fingerprint density at radius 3 is 2.54 bits per heavy atom. The van der Waals surface area contributed by atoms with Crippen molar-refractivity contribution in [2.24, 2.45) is 0 Å². The number of benzene rings is 2. The normalized spacial score (nSPS) is 16.2. The van der Waals surface area contributed by atoms with Gasteiger partial charge in [-0.05, 0) is 49.2 Å². The molecule has 2 aromatic carbocycles. The minimum Gasteiger partial charge on any atom is -0.497 e. The van der Waals surface area contributed by atoms with E-state index in [0.29, 0.717) is 29.4 Å². The smallest absolute Gasteiger partial charge is 0.255 e. The van der Waals surface area contributed by atoms with Crippen LogP contribution in [0.1, 0.15) is 23.2 Å². The first-order chi connectivity index (χ1) is 12.7. The van der Waals surface area contributed by atoms with Gasteiger partial charge in [0.25, 0.3) is 5.91 Å². The lowest BCUT2D eigenvalue weighted by molar-refractivity contribution is 0.0679. The number of methoxy groups -OCH3 is 2. The summed E-state index contributed by atoms with van der Waals surface area (Å²) < 4.78 is 21.7. The van der Waals surface area contributed by atoms with Crippen molar-refractivity contribution in [2.75, 3.05) is 32.8 Å². The third kappa shape index (κ3) is 4.46. The van der Waals surface area contributed by atoms with Gasteiger partial charge in [0.1, 0.15) is 23.9 Å². The lowest BCUT2D eigenvalue weighted by Gasteiger charge is -2.13. The van der Waals surface area contributed by atoms with Crippen LogP contribution in [0, 0.1) is 0 Å². The molecule has 1 aliphatic heterocycles. The molecule has 1 saturated heterocycles. The highest BCUT2D eigenvalue weighted by Gasteiger charge is 2.16. The van der Waals surface area contributed by atoms with Crippen molar-refractivity contribution in [3.8, 4) is 17.2 Å². The van der Waals surface area contributed by atoms with E-state index in [1.54, 1.807) is 56.7 Å². The van der Waals surface area contributed by atoms with Gasteiger partial charge in [-0.3, -0.25) is 4.79 Å². The van der Waals surface area contributed by atoms with Gasteiger partial charge in [-0.1, -0.05) is 0 Å². The van der Waals surface area contributed by atoms with Crippen molar-refractivity contribution in [1.29, 1.82) is 0 Å². The minimum atomic E-state index is -0.223. The van der Waals surface area contributed by atoms with Crippen molar-refractivity contribution in [3.05, 3.63) is 48.0 Å². The molecule has 6 heteroatoms. The minimum absolute atomic E-state index is 0.167. The second-order valence-electron chi connectivity index (χ2n) is 5.99. The van der Waals surface area contributed by atoms with E-state index in [9.17, 15) is 4.79 Å². The molecule has 6 nitrogen and oxygen atoms in total. The van der Waals surface area contributed by atoms with E-state index in [1.807, 2.05) is 0 Å². The molecule has 3 rings (SSSR count). The van der Waals surface area contributed by atoms with Crippen LogP contribution in [0.2, 0.25) is 0 Å². The molecule has 1 atom stereocenters. The lowest BCUT2D eigenvalue weighted by Crippen LogP contribution is -2.16. The molecule has 0 saturated carbocycles. The monoisotopic (exact) mass is 357 g/mol. The molecular formula is C20H23NO5. The topological polar surface area (TPSA) is 66.0 Å². The summed E-state index contributed by atoms with van der Waals surface area (Å²) in [6, 6.07) is 12.3. The van der Waals surface area contributed by atoms with Gasteiger partial charge in [-0.2, -0.15) is 0 Å². The summed E-state index contributed by atoms with van der Waals surface area (Å²) in [4.78, 5) is 12.5. The summed E-state index contributed by atoms with van der Waals surface area (Å²) in [7, 11) is 3.13. The molecule has 1 fully saturated rings. The summed E-state index contributed by atoms with van der Waals surface area (Å²) in [5.74, 6) is 1.69. The molecule has 1 aliphatic rings. The molecule has 0 spiro atoms. The number of nitrogens with one attached hydrogen (secondary N) is 1. The predicted octanol–water partition coefficient (Wildman–Crippen LogP) is 3.51. The van der Waals surface area contributed by atoms with Crippen molar-refractivity contribution < 1.29 is 23.7 Å². The molecule has 26 heavy (non-hydrogen) atoms. The third-order valence-electron chi connectivity index (χ3n) is 4.23. The molecule has 1 amide bonds. The second-order valence-corrected chi connectivity index (χ2v) is 5.99. The Kier molecular flexibility index (Phi) is 5.96. The zero-order valence-electron chi connectivity index (χ0n) is 15.0. The second kappa shape index (κ2) is 8.58. The molecule has 0 bridgehead atoms. The molecule has 138 valence electrons. The molecule has 0 unspecified atom stereocenters. The van der Waals surface area contributed by atoms with Crippen LogP contribution in [-0.4, -0.2) is 39.4 Å². The first-order valence-electron chi connectivity index (χ1n) is 8.57. The van der Waals surface area contributed by atoms with Crippen LogP contribution in [0.3, 0.4) is 0 Å². The Morgan fingerprint density at radius 2 is 1.88 bits per heavy atom. The summed E-state index contributed by atoms with van der Waals surface area (Å²) in [6.45, 7) is 1.34. The number of amides is 1. The fraction of sp³-hybridized carbons (Fsp3) is 0.350. The van der Waals surface area contributed by atoms with Gasteiger partial charge in [0.05, 0.1) is 26.0 Å². The zero-order valence-corrected chi connectivity index (χ0v) is 15.0. The first-order valence-corrected chi connectivity index (χ1v) is 8.57. The highest BCUT2D eigenvalue weighted by molar-refractivity contribution is 6.05. The van der Waals surface area contributed by atoms with E-state index >= 15 is 0 Å². The number of hydrogen-bond acceptors (Lipinski definition) is 5. The molecule has 1 heterocycles. The van der Waals surface area contributed by atoms with E-state index in [2.05, 4.69) is 5.32 Å². The van der Waals surface area contributed by atoms with E-state index in [4.69, 9.17) is 18.9 Å². The highest BCUT2D eigenvalue weighted by atomic mass is 16.5. The van der Waals surface area contributed by atoms with Crippen molar-refractivity contribution in [3.63, 3.8) is 0 Å². The summed E-state index contributed by atoms with van der Waals surface area (Å²) in [5, 5.41) is 2.84. The van der Waals surface area contributed by atoms with E-state index in [-0.39, 0.29) is 12.0 Å². The maximum Gasteiger partial charge on any atom is 0.255 e. The summed E-state index contributed by atoms with van der Waals surface area (Å²) in [5.41, 5.74) is 1.12. The summed E-state index contributed by atoms with van der Waals surface area (Å²) >= 11 is 0. The van der Waals surface area contributed by atoms with Crippen LogP contribution in [0.4, 0.5) is 5.69 Å². The highest BCUT2D eigenvalue weighted by Crippen LogP contribution is 2.29. The Hall–Kier alpha value is -2.73. The van der Waals surface area contributed by atoms with Gasteiger partial charge in [0.2, 0.25) is 0 Å². The van der Waals surface area contributed by atoms with Crippen LogP contribution < -0.4 is 19.5 Å². The van der Waals surface area contributed by atoms with Crippen LogP contribution in [0.15, 0.2) is 42.5 Å². The van der Waals surface area contributed by atoms with E-state index in [1.165, 1.54) is 0 Å². The number of carbonyl (C=O) groups is 1. The number of carbonyl (C=O) groups excluding carboxylic acids is 1. The van der Waals surface area contributed by atoms with Gasteiger partial charge in [0, 0.05) is 18.2 Å². The quantitative estimate of drug-likeness (QED) is 0.821. The Labute approximate surface area is 153 Å². The molecule has 0 aliphatic carbocycles. The third-order valence-corrected chi connectivity index (χ3v) is 4.23. The van der Waals surface area contributed by atoms with Crippen LogP contribution in [0.25, 0.3) is 0 Å². The molecular weight excluding hydrogens is 334 g/mol. The van der Waals surface area contributed by atoms with Crippen molar-refractivity contribution in [1.82, 2.24) is 0 Å². The predicted molar refractivity (Wildman–Crippen MR) is 98.4 cm³/mol. The zero-order chi connectivity index (χ0) is 18.4. The van der Waals surface area contributed by atoms with Gasteiger partial charge >= 0.3 is 0 Å².